The largest absolute Gasteiger partial charge is 0.364 e. The zero-order valence-corrected chi connectivity index (χ0v) is 13.2. The van der Waals surface area contributed by atoms with E-state index in [0.717, 1.165) is 4.60 Å². The van der Waals surface area contributed by atoms with E-state index in [0.29, 0.717) is 5.92 Å². The third-order valence-corrected chi connectivity index (χ3v) is 4.63. The van der Waals surface area contributed by atoms with Crippen LogP contribution in [0.5, 0.6) is 0 Å². The summed E-state index contributed by atoms with van der Waals surface area (Å²) in [4.78, 5) is 6.97. The molecule has 0 aromatic carbocycles. The van der Waals surface area contributed by atoms with E-state index in [1.165, 1.54) is 49.3 Å². The highest BCUT2D eigenvalue weighted by Crippen LogP contribution is 2.35. The number of hydrogen-bond donors (Lipinski definition) is 0. The standard InChI is InChI=1S/C15H20BrN3/c1-18(2)13-10-6-9-12-14(16)17-15(19(12)13)11-7-4-3-5-8-11/h6,9-11H,3-5,7-8H2,1-2H3. The number of rotatable bonds is 2. The van der Waals surface area contributed by atoms with E-state index in [-0.39, 0.29) is 0 Å². The number of fused-ring (bicyclic) bond motifs is 1. The van der Waals surface area contributed by atoms with Crippen LogP contribution in [0.4, 0.5) is 5.82 Å². The van der Waals surface area contributed by atoms with Gasteiger partial charge >= 0.3 is 0 Å². The van der Waals surface area contributed by atoms with Crippen LogP contribution in [0.1, 0.15) is 43.8 Å². The number of anilines is 1. The third-order valence-electron chi connectivity index (χ3n) is 4.05. The summed E-state index contributed by atoms with van der Waals surface area (Å²) < 4.78 is 3.29. The van der Waals surface area contributed by atoms with Crippen molar-refractivity contribution in [2.45, 2.75) is 38.0 Å². The lowest BCUT2D eigenvalue weighted by atomic mass is 9.89. The summed E-state index contributed by atoms with van der Waals surface area (Å²) in [6.45, 7) is 0. The van der Waals surface area contributed by atoms with Gasteiger partial charge in [-0.15, -0.1) is 0 Å². The lowest BCUT2D eigenvalue weighted by Gasteiger charge is -2.23. The van der Waals surface area contributed by atoms with E-state index < -0.39 is 0 Å². The molecule has 0 saturated heterocycles. The van der Waals surface area contributed by atoms with Crippen molar-refractivity contribution >= 4 is 27.3 Å². The maximum atomic E-state index is 4.81. The molecular formula is C15H20BrN3. The molecule has 2 aromatic rings. The molecule has 0 aliphatic heterocycles. The van der Waals surface area contributed by atoms with Crippen LogP contribution in [-0.2, 0) is 0 Å². The van der Waals surface area contributed by atoms with E-state index in [1.54, 1.807) is 0 Å². The fourth-order valence-corrected chi connectivity index (χ4v) is 3.58. The maximum absolute atomic E-state index is 4.81. The number of pyridine rings is 1. The van der Waals surface area contributed by atoms with Gasteiger partial charge in [-0.1, -0.05) is 25.3 Å². The van der Waals surface area contributed by atoms with Gasteiger partial charge < -0.3 is 4.90 Å². The van der Waals surface area contributed by atoms with Gasteiger partial charge in [-0.25, -0.2) is 4.98 Å². The average molecular weight is 322 g/mol. The van der Waals surface area contributed by atoms with Crippen LogP contribution >= 0.6 is 15.9 Å². The van der Waals surface area contributed by atoms with E-state index in [4.69, 9.17) is 4.98 Å². The molecule has 3 nitrogen and oxygen atoms in total. The zero-order chi connectivity index (χ0) is 13.4. The van der Waals surface area contributed by atoms with Crippen LogP contribution in [0.2, 0.25) is 0 Å². The first-order valence-corrected chi connectivity index (χ1v) is 7.82. The molecule has 19 heavy (non-hydrogen) atoms. The normalized spacial score (nSPS) is 17.0. The third kappa shape index (κ3) is 2.27. The fraction of sp³-hybridized carbons (Fsp3) is 0.533. The molecule has 0 amide bonds. The molecule has 1 aliphatic carbocycles. The Bertz CT molecular complexity index is 582. The van der Waals surface area contributed by atoms with Crippen LogP contribution < -0.4 is 4.90 Å². The van der Waals surface area contributed by atoms with E-state index >= 15 is 0 Å². The second-order valence-corrected chi connectivity index (χ2v) is 6.35. The molecule has 0 bridgehead atoms. The predicted molar refractivity (Wildman–Crippen MR) is 83.0 cm³/mol. The van der Waals surface area contributed by atoms with Crippen LogP contribution in [0.25, 0.3) is 5.52 Å². The molecule has 2 aromatic heterocycles. The summed E-state index contributed by atoms with van der Waals surface area (Å²) in [6, 6.07) is 6.39. The van der Waals surface area contributed by atoms with Gasteiger partial charge in [0.25, 0.3) is 0 Å². The summed E-state index contributed by atoms with van der Waals surface area (Å²) in [5.41, 5.74) is 1.17. The minimum absolute atomic E-state index is 0.605. The first kappa shape index (κ1) is 13.0. The Morgan fingerprint density at radius 2 is 1.95 bits per heavy atom. The number of nitrogens with zero attached hydrogens (tertiary/aromatic N) is 3. The molecule has 0 radical (unpaired) electrons. The van der Waals surface area contributed by atoms with Crippen molar-refractivity contribution < 1.29 is 0 Å². The highest BCUT2D eigenvalue weighted by atomic mass is 79.9. The van der Waals surface area contributed by atoms with Gasteiger partial charge in [0.2, 0.25) is 0 Å². The average Bonchev–Trinajstić information content (AvgIpc) is 2.77. The number of halogens is 1. The van der Waals surface area contributed by atoms with Gasteiger partial charge in [0.05, 0.1) is 5.52 Å². The zero-order valence-electron chi connectivity index (χ0n) is 11.6. The topological polar surface area (TPSA) is 20.5 Å². The van der Waals surface area contributed by atoms with Crippen molar-refractivity contribution in [3.05, 3.63) is 28.6 Å². The van der Waals surface area contributed by atoms with Gasteiger partial charge in [-0.05, 0) is 40.9 Å². The Labute approximate surface area is 122 Å². The van der Waals surface area contributed by atoms with Crippen molar-refractivity contribution in [2.24, 2.45) is 0 Å². The second kappa shape index (κ2) is 5.16. The minimum Gasteiger partial charge on any atom is -0.364 e. The number of imidazole rings is 1. The molecule has 4 heteroatoms. The molecule has 102 valence electrons. The molecule has 2 heterocycles. The summed E-state index contributed by atoms with van der Waals surface area (Å²) in [6.07, 6.45) is 6.59. The van der Waals surface area contributed by atoms with Gasteiger partial charge in [-0.2, -0.15) is 0 Å². The van der Waals surface area contributed by atoms with E-state index in [1.807, 2.05) is 0 Å². The minimum atomic E-state index is 0.605. The molecule has 3 rings (SSSR count). The monoisotopic (exact) mass is 321 g/mol. The van der Waals surface area contributed by atoms with Crippen molar-refractivity contribution in [1.29, 1.82) is 0 Å². The van der Waals surface area contributed by atoms with Gasteiger partial charge in [0.15, 0.2) is 0 Å². The molecule has 0 spiro atoms. The van der Waals surface area contributed by atoms with Crippen LogP contribution in [0.3, 0.4) is 0 Å². The van der Waals surface area contributed by atoms with Crippen molar-refractivity contribution in [3.8, 4) is 0 Å². The Morgan fingerprint density at radius 1 is 1.21 bits per heavy atom. The Balaban J connectivity index is 2.18. The highest BCUT2D eigenvalue weighted by molar-refractivity contribution is 9.10. The van der Waals surface area contributed by atoms with Crippen LogP contribution in [0.15, 0.2) is 22.8 Å². The SMILES string of the molecule is CN(C)c1cccc2c(Br)nc(C3CCCCC3)n12. The van der Waals surface area contributed by atoms with Gasteiger partial charge in [0, 0.05) is 20.0 Å². The first-order valence-electron chi connectivity index (χ1n) is 7.02. The number of hydrogen-bond acceptors (Lipinski definition) is 2. The van der Waals surface area contributed by atoms with Crippen molar-refractivity contribution in [1.82, 2.24) is 9.38 Å². The van der Waals surface area contributed by atoms with E-state index in [9.17, 15) is 0 Å². The molecule has 0 atom stereocenters. The summed E-state index contributed by atoms with van der Waals surface area (Å²) >= 11 is 3.62. The van der Waals surface area contributed by atoms with Crippen LogP contribution in [-0.4, -0.2) is 23.5 Å². The van der Waals surface area contributed by atoms with Gasteiger partial charge in [-0.3, -0.25) is 4.40 Å². The first-order chi connectivity index (χ1) is 9.18. The Hall–Kier alpha value is -1.03. The van der Waals surface area contributed by atoms with Gasteiger partial charge in [0.1, 0.15) is 16.2 Å². The predicted octanol–water partition coefficient (Wildman–Crippen LogP) is 4.21. The smallest absolute Gasteiger partial charge is 0.132 e. The quantitative estimate of drug-likeness (QED) is 0.825. The Kier molecular flexibility index (Phi) is 3.52. The summed E-state index contributed by atoms with van der Waals surface area (Å²) in [5.74, 6) is 3.04. The number of aromatic nitrogens is 2. The Morgan fingerprint density at radius 3 is 2.63 bits per heavy atom. The van der Waals surface area contributed by atoms with Crippen molar-refractivity contribution in [3.63, 3.8) is 0 Å². The molecule has 1 saturated carbocycles. The molecule has 1 aliphatic rings. The molecule has 0 unspecified atom stereocenters. The molecular weight excluding hydrogens is 302 g/mol. The van der Waals surface area contributed by atoms with E-state index in [2.05, 4.69) is 57.5 Å². The summed E-state index contributed by atoms with van der Waals surface area (Å²) in [7, 11) is 4.18. The fourth-order valence-electron chi connectivity index (χ4n) is 3.09. The lowest BCUT2D eigenvalue weighted by Crippen LogP contribution is -2.16. The molecule has 0 N–H and O–H groups in total. The van der Waals surface area contributed by atoms with Crippen LogP contribution in [0, 0.1) is 0 Å². The second-order valence-electron chi connectivity index (χ2n) is 5.59. The lowest BCUT2D eigenvalue weighted by molar-refractivity contribution is 0.427. The highest BCUT2D eigenvalue weighted by Gasteiger charge is 2.23. The van der Waals surface area contributed by atoms with Crippen molar-refractivity contribution in [2.75, 3.05) is 19.0 Å². The maximum Gasteiger partial charge on any atom is 0.132 e. The summed E-state index contributed by atoms with van der Waals surface area (Å²) in [5, 5.41) is 0. The molecule has 1 fully saturated rings.